The van der Waals surface area contributed by atoms with Crippen LogP contribution >= 0.6 is 0 Å². The molecule has 1 aromatic rings. The molecule has 4 nitrogen and oxygen atoms in total. The molecule has 1 fully saturated rings. The summed E-state index contributed by atoms with van der Waals surface area (Å²) >= 11 is 0. The summed E-state index contributed by atoms with van der Waals surface area (Å²) < 4.78 is 18.4. The highest BCUT2D eigenvalue weighted by atomic mass is 19.1. The molecule has 0 radical (unpaired) electrons. The Balaban J connectivity index is 2.00. The summed E-state index contributed by atoms with van der Waals surface area (Å²) in [4.78, 5) is 3.85. The zero-order valence-electron chi connectivity index (χ0n) is 9.73. The second-order valence-corrected chi connectivity index (χ2v) is 4.45. The third-order valence-electron chi connectivity index (χ3n) is 3.24. The molecule has 0 saturated carbocycles. The summed E-state index contributed by atoms with van der Waals surface area (Å²) in [5, 5.41) is 0. The van der Waals surface area contributed by atoms with Gasteiger partial charge in [-0.25, -0.2) is 4.39 Å². The molecule has 0 aliphatic carbocycles. The lowest BCUT2D eigenvalue weighted by Crippen LogP contribution is -2.31. The molecule has 0 aromatic carbocycles. The molecule has 1 saturated heterocycles. The standard InChI is InChI=1S/C12H18FN3O/c13-11-6-10(7-15-8-11)12(16-14)5-9-1-3-17-4-2-9/h6-9,12,16H,1-5,14H2. The first kappa shape index (κ1) is 12.4. The van der Waals surface area contributed by atoms with Gasteiger partial charge >= 0.3 is 0 Å². The summed E-state index contributed by atoms with van der Waals surface area (Å²) in [5.41, 5.74) is 3.55. The van der Waals surface area contributed by atoms with Crippen molar-refractivity contribution in [2.24, 2.45) is 11.8 Å². The first-order valence-corrected chi connectivity index (χ1v) is 5.94. The molecule has 94 valence electrons. The number of hydrogen-bond donors (Lipinski definition) is 2. The quantitative estimate of drug-likeness (QED) is 0.618. The highest BCUT2D eigenvalue weighted by Crippen LogP contribution is 2.26. The molecule has 1 aromatic heterocycles. The summed E-state index contributed by atoms with van der Waals surface area (Å²) in [6.07, 6.45) is 5.84. The van der Waals surface area contributed by atoms with Gasteiger partial charge in [0.05, 0.1) is 6.20 Å². The second kappa shape index (κ2) is 6.05. The first-order valence-electron chi connectivity index (χ1n) is 5.94. The fourth-order valence-electron chi connectivity index (χ4n) is 2.23. The van der Waals surface area contributed by atoms with Crippen molar-refractivity contribution < 1.29 is 9.13 Å². The summed E-state index contributed by atoms with van der Waals surface area (Å²) in [5.74, 6) is 5.79. The second-order valence-electron chi connectivity index (χ2n) is 4.45. The van der Waals surface area contributed by atoms with Gasteiger partial charge in [-0.05, 0) is 36.8 Å². The van der Waals surface area contributed by atoms with Crippen LogP contribution in [0.15, 0.2) is 18.5 Å². The Kier molecular flexibility index (Phi) is 4.42. The van der Waals surface area contributed by atoms with Gasteiger partial charge in [-0.15, -0.1) is 0 Å². The fraction of sp³-hybridized carbons (Fsp3) is 0.583. The van der Waals surface area contributed by atoms with Gasteiger partial charge in [-0.1, -0.05) is 0 Å². The third-order valence-corrected chi connectivity index (χ3v) is 3.24. The molecule has 2 heterocycles. The van der Waals surface area contributed by atoms with Crippen molar-refractivity contribution in [2.75, 3.05) is 13.2 Å². The minimum Gasteiger partial charge on any atom is -0.381 e. The van der Waals surface area contributed by atoms with E-state index in [1.807, 2.05) is 0 Å². The predicted octanol–water partition coefficient (Wildman–Crippen LogP) is 1.54. The van der Waals surface area contributed by atoms with Gasteiger partial charge in [0.15, 0.2) is 0 Å². The van der Waals surface area contributed by atoms with Gasteiger partial charge in [0.2, 0.25) is 0 Å². The highest BCUT2D eigenvalue weighted by molar-refractivity contribution is 5.15. The van der Waals surface area contributed by atoms with Gasteiger partial charge in [0, 0.05) is 25.5 Å². The summed E-state index contributed by atoms with van der Waals surface area (Å²) in [6.45, 7) is 1.62. The van der Waals surface area contributed by atoms with E-state index in [0.717, 1.165) is 38.0 Å². The zero-order chi connectivity index (χ0) is 12.1. The van der Waals surface area contributed by atoms with Crippen LogP contribution in [0, 0.1) is 11.7 Å². The topological polar surface area (TPSA) is 60.2 Å². The van der Waals surface area contributed by atoms with Crippen molar-refractivity contribution in [3.63, 3.8) is 0 Å². The van der Waals surface area contributed by atoms with Gasteiger partial charge in [-0.3, -0.25) is 16.3 Å². The van der Waals surface area contributed by atoms with Gasteiger partial charge in [-0.2, -0.15) is 0 Å². The molecule has 1 aliphatic heterocycles. The fourth-order valence-corrected chi connectivity index (χ4v) is 2.23. The minimum atomic E-state index is -0.324. The van der Waals surface area contributed by atoms with E-state index in [4.69, 9.17) is 10.6 Å². The molecule has 0 bridgehead atoms. The largest absolute Gasteiger partial charge is 0.381 e. The van der Waals surface area contributed by atoms with Crippen LogP contribution in [-0.4, -0.2) is 18.2 Å². The van der Waals surface area contributed by atoms with E-state index >= 15 is 0 Å². The van der Waals surface area contributed by atoms with Crippen LogP contribution in [0.1, 0.15) is 30.9 Å². The van der Waals surface area contributed by atoms with Crippen LogP contribution in [-0.2, 0) is 4.74 Å². The lowest BCUT2D eigenvalue weighted by Gasteiger charge is -2.26. The van der Waals surface area contributed by atoms with E-state index in [1.54, 1.807) is 6.20 Å². The van der Waals surface area contributed by atoms with Crippen molar-refractivity contribution in [2.45, 2.75) is 25.3 Å². The molecule has 0 amide bonds. The average molecular weight is 239 g/mol. The smallest absolute Gasteiger partial charge is 0.141 e. The number of nitrogens with two attached hydrogens (primary N) is 1. The van der Waals surface area contributed by atoms with Crippen LogP contribution in [0.2, 0.25) is 0 Å². The van der Waals surface area contributed by atoms with Gasteiger partial charge < -0.3 is 4.74 Å². The highest BCUT2D eigenvalue weighted by Gasteiger charge is 2.20. The van der Waals surface area contributed by atoms with Crippen molar-refractivity contribution in [1.29, 1.82) is 0 Å². The van der Waals surface area contributed by atoms with E-state index in [0.29, 0.717) is 5.92 Å². The van der Waals surface area contributed by atoms with E-state index in [1.165, 1.54) is 12.3 Å². The number of halogens is 1. The summed E-state index contributed by atoms with van der Waals surface area (Å²) in [6, 6.07) is 1.44. The van der Waals surface area contributed by atoms with Crippen molar-refractivity contribution in [3.05, 3.63) is 29.8 Å². The van der Waals surface area contributed by atoms with E-state index in [2.05, 4.69) is 10.4 Å². The average Bonchev–Trinajstić information content (AvgIpc) is 2.37. The van der Waals surface area contributed by atoms with Gasteiger partial charge in [0.1, 0.15) is 5.82 Å². The van der Waals surface area contributed by atoms with Crippen molar-refractivity contribution in [3.8, 4) is 0 Å². The van der Waals surface area contributed by atoms with Crippen LogP contribution in [0.4, 0.5) is 4.39 Å². The number of aromatic nitrogens is 1. The number of hydrogen-bond acceptors (Lipinski definition) is 4. The molecule has 1 aliphatic rings. The Morgan fingerprint density at radius 3 is 2.88 bits per heavy atom. The maximum Gasteiger partial charge on any atom is 0.141 e. The maximum absolute atomic E-state index is 13.1. The minimum absolute atomic E-state index is 0.0405. The Morgan fingerprint density at radius 1 is 1.47 bits per heavy atom. The molecule has 2 rings (SSSR count). The number of nitrogens with zero attached hydrogens (tertiary/aromatic N) is 1. The predicted molar refractivity (Wildman–Crippen MR) is 62.4 cm³/mol. The lowest BCUT2D eigenvalue weighted by molar-refractivity contribution is 0.0605. The van der Waals surface area contributed by atoms with Crippen molar-refractivity contribution >= 4 is 0 Å². The SMILES string of the molecule is NNC(CC1CCOCC1)c1cncc(F)c1. The lowest BCUT2D eigenvalue weighted by atomic mass is 9.90. The third kappa shape index (κ3) is 3.46. The Hall–Kier alpha value is -1.04. The first-order chi connectivity index (χ1) is 8.29. The van der Waals surface area contributed by atoms with E-state index in [9.17, 15) is 4.39 Å². The number of rotatable bonds is 4. The van der Waals surface area contributed by atoms with E-state index in [-0.39, 0.29) is 11.9 Å². The Labute approximate surface area is 100 Å². The molecular formula is C12H18FN3O. The molecular weight excluding hydrogens is 221 g/mol. The Morgan fingerprint density at radius 2 is 2.24 bits per heavy atom. The Bertz CT molecular complexity index is 355. The zero-order valence-corrected chi connectivity index (χ0v) is 9.73. The maximum atomic E-state index is 13.1. The molecule has 3 N–H and O–H groups in total. The number of hydrazine groups is 1. The molecule has 1 atom stereocenters. The monoisotopic (exact) mass is 239 g/mol. The number of ether oxygens (including phenoxy) is 1. The molecule has 5 heteroatoms. The van der Waals surface area contributed by atoms with Crippen LogP contribution in [0.25, 0.3) is 0 Å². The number of pyridine rings is 1. The van der Waals surface area contributed by atoms with Crippen LogP contribution in [0.5, 0.6) is 0 Å². The molecule has 1 unspecified atom stereocenters. The molecule has 0 spiro atoms. The van der Waals surface area contributed by atoms with E-state index < -0.39 is 0 Å². The normalized spacial score (nSPS) is 19.2. The van der Waals surface area contributed by atoms with Gasteiger partial charge in [0.25, 0.3) is 0 Å². The molecule has 17 heavy (non-hydrogen) atoms. The van der Waals surface area contributed by atoms with Crippen LogP contribution < -0.4 is 11.3 Å². The van der Waals surface area contributed by atoms with Crippen molar-refractivity contribution in [1.82, 2.24) is 10.4 Å². The number of nitrogens with one attached hydrogen (secondary N) is 1. The summed E-state index contributed by atoms with van der Waals surface area (Å²) in [7, 11) is 0. The van der Waals surface area contributed by atoms with Crippen LogP contribution in [0.3, 0.4) is 0 Å².